The van der Waals surface area contributed by atoms with Crippen LogP contribution in [0.3, 0.4) is 0 Å². The second kappa shape index (κ2) is 8.82. The molecule has 4 aromatic rings. The molecule has 5 heteroatoms. The van der Waals surface area contributed by atoms with Gasteiger partial charge < -0.3 is 9.30 Å². The van der Waals surface area contributed by atoms with Crippen molar-refractivity contribution in [3.63, 3.8) is 0 Å². The van der Waals surface area contributed by atoms with E-state index >= 15 is 0 Å². The molecule has 3 nitrogen and oxygen atoms in total. The highest BCUT2D eigenvalue weighted by Crippen LogP contribution is 2.41. The predicted octanol–water partition coefficient (Wildman–Crippen LogP) is 6.22. The number of thioether (sulfide) groups is 1. The zero-order chi connectivity index (χ0) is 19.3. The van der Waals surface area contributed by atoms with Crippen molar-refractivity contribution >= 4 is 34.4 Å². The molecular formula is C23H21ClN2OS. The van der Waals surface area contributed by atoms with Gasteiger partial charge in [-0.2, -0.15) is 0 Å². The van der Waals surface area contributed by atoms with E-state index < -0.39 is 0 Å². The first-order chi connectivity index (χ1) is 13.8. The van der Waals surface area contributed by atoms with Crippen LogP contribution in [0.5, 0.6) is 0 Å². The average Bonchev–Trinajstić information content (AvgIpc) is 3.09. The minimum Gasteiger partial charge on any atom is -0.383 e. The van der Waals surface area contributed by atoms with Gasteiger partial charge in [-0.1, -0.05) is 60.1 Å². The molecule has 0 fully saturated rings. The Balaban J connectivity index is 1.86. The van der Waals surface area contributed by atoms with Crippen molar-refractivity contribution in [1.29, 1.82) is 0 Å². The van der Waals surface area contributed by atoms with E-state index in [-0.39, 0.29) is 5.25 Å². The van der Waals surface area contributed by atoms with Crippen LogP contribution in [-0.2, 0) is 11.3 Å². The van der Waals surface area contributed by atoms with E-state index in [1.807, 2.05) is 30.3 Å². The number of nitrogens with zero attached hydrogens (tertiary/aromatic N) is 2. The fourth-order valence-electron chi connectivity index (χ4n) is 3.27. The van der Waals surface area contributed by atoms with Gasteiger partial charge >= 0.3 is 0 Å². The van der Waals surface area contributed by atoms with Gasteiger partial charge in [0.1, 0.15) is 5.82 Å². The number of imidazole rings is 1. The summed E-state index contributed by atoms with van der Waals surface area (Å²) in [6.45, 7) is 1.34. The molecular weight excluding hydrogens is 388 g/mol. The first-order valence-electron chi connectivity index (χ1n) is 9.17. The number of halogens is 1. The van der Waals surface area contributed by atoms with Gasteiger partial charge in [0, 0.05) is 23.6 Å². The molecule has 0 saturated heterocycles. The summed E-state index contributed by atoms with van der Waals surface area (Å²) in [6.07, 6.45) is 0. The summed E-state index contributed by atoms with van der Waals surface area (Å²) in [5.41, 5.74) is 3.20. The number of benzene rings is 3. The summed E-state index contributed by atoms with van der Waals surface area (Å²) in [5.74, 6) is 1.01. The van der Waals surface area contributed by atoms with Gasteiger partial charge in [0.2, 0.25) is 0 Å². The molecule has 0 aliphatic carbocycles. The predicted molar refractivity (Wildman–Crippen MR) is 117 cm³/mol. The van der Waals surface area contributed by atoms with Crippen molar-refractivity contribution in [2.24, 2.45) is 0 Å². The van der Waals surface area contributed by atoms with Gasteiger partial charge in [-0.25, -0.2) is 4.98 Å². The van der Waals surface area contributed by atoms with E-state index in [1.54, 1.807) is 18.9 Å². The van der Waals surface area contributed by atoms with Crippen molar-refractivity contribution < 1.29 is 4.74 Å². The number of fused-ring (bicyclic) bond motifs is 1. The maximum absolute atomic E-state index is 6.28. The van der Waals surface area contributed by atoms with Crippen LogP contribution in [-0.4, -0.2) is 23.3 Å². The SMILES string of the molecule is COCCn1c(C(Sc2ccccc2)c2ccccc2)nc2ccc(Cl)cc21. The lowest BCUT2D eigenvalue weighted by Crippen LogP contribution is -2.11. The summed E-state index contributed by atoms with van der Waals surface area (Å²) in [4.78, 5) is 6.22. The molecule has 28 heavy (non-hydrogen) atoms. The van der Waals surface area contributed by atoms with E-state index in [9.17, 15) is 0 Å². The molecule has 142 valence electrons. The molecule has 0 bridgehead atoms. The van der Waals surface area contributed by atoms with Crippen LogP contribution in [0, 0.1) is 0 Å². The first kappa shape index (κ1) is 19.1. The van der Waals surface area contributed by atoms with E-state index in [1.165, 1.54) is 10.5 Å². The summed E-state index contributed by atoms with van der Waals surface area (Å²) in [5, 5.41) is 0.774. The fourth-order valence-corrected chi connectivity index (χ4v) is 4.60. The van der Waals surface area contributed by atoms with E-state index in [4.69, 9.17) is 21.3 Å². The van der Waals surface area contributed by atoms with Crippen LogP contribution in [0.1, 0.15) is 16.6 Å². The maximum Gasteiger partial charge on any atom is 0.128 e. The molecule has 1 atom stereocenters. The lowest BCUT2D eigenvalue weighted by atomic mass is 10.1. The average molecular weight is 409 g/mol. The van der Waals surface area contributed by atoms with Crippen molar-refractivity contribution in [3.05, 3.63) is 95.3 Å². The van der Waals surface area contributed by atoms with Gasteiger partial charge in [-0.05, 0) is 35.9 Å². The molecule has 3 aromatic carbocycles. The largest absolute Gasteiger partial charge is 0.383 e. The summed E-state index contributed by atoms with van der Waals surface area (Å²) < 4.78 is 7.60. The van der Waals surface area contributed by atoms with Crippen LogP contribution in [0.2, 0.25) is 5.02 Å². The molecule has 0 aliphatic heterocycles. The summed E-state index contributed by atoms with van der Waals surface area (Å²) >= 11 is 8.09. The van der Waals surface area contributed by atoms with Crippen LogP contribution < -0.4 is 0 Å². The van der Waals surface area contributed by atoms with Crippen LogP contribution in [0.15, 0.2) is 83.8 Å². The number of methoxy groups -OCH3 is 1. The molecule has 0 aliphatic rings. The highest BCUT2D eigenvalue weighted by molar-refractivity contribution is 7.99. The van der Waals surface area contributed by atoms with E-state index in [0.717, 1.165) is 23.4 Å². The monoisotopic (exact) mass is 408 g/mol. The minimum atomic E-state index is 0.0617. The van der Waals surface area contributed by atoms with Gasteiger partial charge in [0.25, 0.3) is 0 Å². The Kier molecular flexibility index (Phi) is 6.01. The quantitative estimate of drug-likeness (QED) is 0.340. The number of rotatable bonds is 7. The second-order valence-corrected chi connectivity index (χ2v) is 8.08. The fraction of sp³-hybridized carbons (Fsp3) is 0.174. The Bertz CT molecular complexity index is 1050. The lowest BCUT2D eigenvalue weighted by molar-refractivity contribution is 0.187. The number of hydrogen-bond donors (Lipinski definition) is 0. The standard InChI is InChI=1S/C23H21ClN2OS/c1-27-15-14-26-21-16-18(24)12-13-20(21)25-23(26)22(17-8-4-2-5-9-17)28-19-10-6-3-7-11-19/h2-13,16,22H,14-15H2,1H3. The van der Waals surface area contributed by atoms with E-state index in [2.05, 4.69) is 53.1 Å². The van der Waals surface area contributed by atoms with Crippen molar-refractivity contribution in [2.45, 2.75) is 16.7 Å². The smallest absolute Gasteiger partial charge is 0.128 e. The molecule has 4 rings (SSSR count). The number of hydrogen-bond acceptors (Lipinski definition) is 3. The normalized spacial score (nSPS) is 12.4. The number of aromatic nitrogens is 2. The third-order valence-corrected chi connectivity index (χ3v) is 6.09. The molecule has 0 spiro atoms. The molecule has 0 saturated carbocycles. The van der Waals surface area contributed by atoms with Crippen molar-refractivity contribution in [3.8, 4) is 0 Å². The third-order valence-electron chi connectivity index (χ3n) is 4.59. The number of ether oxygens (including phenoxy) is 1. The van der Waals surface area contributed by atoms with Gasteiger partial charge in [-0.15, -0.1) is 11.8 Å². The highest BCUT2D eigenvalue weighted by atomic mass is 35.5. The lowest BCUT2D eigenvalue weighted by Gasteiger charge is -2.19. The van der Waals surface area contributed by atoms with Crippen LogP contribution in [0.25, 0.3) is 11.0 Å². The second-order valence-electron chi connectivity index (χ2n) is 6.47. The Morgan fingerprint density at radius 2 is 1.71 bits per heavy atom. The molecule has 1 unspecified atom stereocenters. The van der Waals surface area contributed by atoms with Crippen molar-refractivity contribution in [1.82, 2.24) is 9.55 Å². The Hall–Kier alpha value is -2.27. The van der Waals surface area contributed by atoms with Gasteiger partial charge in [0.15, 0.2) is 0 Å². The highest BCUT2D eigenvalue weighted by Gasteiger charge is 2.23. The molecule has 0 amide bonds. The molecule has 0 radical (unpaired) electrons. The van der Waals surface area contributed by atoms with E-state index in [0.29, 0.717) is 11.6 Å². The van der Waals surface area contributed by atoms with Gasteiger partial charge in [-0.3, -0.25) is 0 Å². The molecule has 1 aromatic heterocycles. The summed E-state index contributed by atoms with van der Waals surface area (Å²) in [6, 6.07) is 26.8. The third kappa shape index (κ3) is 4.09. The zero-order valence-corrected chi connectivity index (χ0v) is 17.2. The van der Waals surface area contributed by atoms with Crippen LogP contribution in [0.4, 0.5) is 0 Å². The first-order valence-corrected chi connectivity index (χ1v) is 10.4. The van der Waals surface area contributed by atoms with Crippen LogP contribution >= 0.6 is 23.4 Å². The van der Waals surface area contributed by atoms with Crippen molar-refractivity contribution in [2.75, 3.05) is 13.7 Å². The minimum absolute atomic E-state index is 0.0617. The Morgan fingerprint density at radius 1 is 1.00 bits per heavy atom. The topological polar surface area (TPSA) is 27.1 Å². The Morgan fingerprint density at radius 3 is 2.43 bits per heavy atom. The Labute approximate surface area is 174 Å². The van der Waals surface area contributed by atoms with Gasteiger partial charge in [0.05, 0.1) is 22.9 Å². The summed E-state index contributed by atoms with van der Waals surface area (Å²) in [7, 11) is 1.72. The maximum atomic E-state index is 6.28. The molecule has 1 heterocycles. The molecule has 0 N–H and O–H groups in total. The zero-order valence-electron chi connectivity index (χ0n) is 15.6.